The van der Waals surface area contributed by atoms with Gasteiger partial charge in [-0.05, 0) is 31.2 Å². The number of fused-ring (bicyclic) bond motifs is 2. The number of pyridine rings is 1. The number of aromatic nitrogens is 4. The number of rotatable bonds is 5. The van der Waals surface area contributed by atoms with Crippen LogP contribution in [0.4, 0.5) is 16.2 Å². The van der Waals surface area contributed by atoms with Crippen molar-refractivity contribution in [2.45, 2.75) is 19.9 Å². The normalized spacial score (nSPS) is 15.0. The first-order valence-electron chi connectivity index (χ1n) is 11.9. The van der Waals surface area contributed by atoms with Crippen LogP contribution in [0.15, 0.2) is 36.7 Å². The molecule has 1 fully saturated rings. The maximum atomic E-state index is 14.6. The summed E-state index contributed by atoms with van der Waals surface area (Å²) in [5.74, 6) is 1.81. The van der Waals surface area contributed by atoms with Gasteiger partial charge in [0.15, 0.2) is 11.3 Å². The smallest absolute Gasteiger partial charge is 0.208 e. The monoisotopic (exact) mass is 485 g/mol. The Hall–Kier alpha value is -4.23. The molecule has 0 radical (unpaired) electrons. The van der Waals surface area contributed by atoms with E-state index in [1.54, 1.807) is 22.9 Å². The Morgan fingerprint density at radius 3 is 2.78 bits per heavy atom. The maximum Gasteiger partial charge on any atom is 0.208 e. The molecule has 6 rings (SSSR count). The van der Waals surface area contributed by atoms with Crippen LogP contribution in [-0.2, 0) is 17.7 Å². The zero-order valence-electron chi connectivity index (χ0n) is 19.8. The van der Waals surface area contributed by atoms with Crippen LogP contribution in [0.5, 0.6) is 5.75 Å². The Balaban J connectivity index is 1.35. The van der Waals surface area contributed by atoms with Gasteiger partial charge in [-0.3, -0.25) is 4.40 Å². The fourth-order valence-electron chi connectivity index (χ4n) is 4.83. The van der Waals surface area contributed by atoms with E-state index in [9.17, 15) is 9.65 Å². The lowest BCUT2D eigenvalue weighted by Crippen LogP contribution is -2.36. The van der Waals surface area contributed by atoms with Gasteiger partial charge in [-0.15, -0.1) is 0 Å². The molecule has 4 aromatic rings. The third-order valence-corrected chi connectivity index (χ3v) is 6.67. The number of halogens is 1. The number of nitrogens with one attached hydrogen (secondary N) is 1. The Morgan fingerprint density at radius 1 is 1.11 bits per heavy atom. The van der Waals surface area contributed by atoms with Gasteiger partial charge >= 0.3 is 0 Å². The summed E-state index contributed by atoms with van der Waals surface area (Å²) in [4.78, 5) is 16.2. The minimum Gasteiger partial charge on any atom is -0.493 e. The van der Waals surface area contributed by atoms with Crippen molar-refractivity contribution >= 4 is 17.4 Å². The van der Waals surface area contributed by atoms with E-state index < -0.39 is 0 Å². The van der Waals surface area contributed by atoms with E-state index in [0.29, 0.717) is 43.4 Å². The van der Waals surface area contributed by atoms with E-state index in [1.807, 2.05) is 19.1 Å². The summed E-state index contributed by atoms with van der Waals surface area (Å²) in [5.41, 5.74) is 4.77. The number of anilines is 2. The molecular weight excluding hydrogens is 461 g/mol. The van der Waals surface area contributed by atoms with Crippen LogP contribution in [0.2, 0.25) is 0 Å². The van der Waals surface area contributed by atoms with E-state index in [-0.39, 0.29) is 18.1 Å². The first-order chi connectivity index (χ1) is 17.6. The number of aryl methyl sites for hydroxylation is 1. The average molecular weight is 486 g/mol. The minimum absolute atomic E-state index is 0.231. The van der Waals surface area contributed by atoms with Crippen molar-refractivity contribution in [1.29, 1.82) is 5.26 Å². The third-order valence-electron chi connectivity index (χ3n) is 6.67. The minimum atomic E-state index is -0.287. The molecule has 0 bridgehead atoms. The van der Waals surface area contributed by atoms with Crippen molar-refractivity contribution in [2.75, 3.05) is 43.1 Å². The van der Waals surface area contributed by atoms with E-state index in [4.69, 9.17) is 14.5 Å². The number of nitriles is 1. The van der Waals surface area contributed by atoms with Crippen LogP contribution in [0.3, 0.4) is 0 Å². The first kappa shape index (κ1) is 22.2. The Bertz CT molecular complexity index is 1500. The lowest BCUT2D eigenvalue weighted by molar-refractivity contribution is 0.122. The maximum absolute atomic E-state index is 14.6. The van der Waals surface area contributed by atoms with Crippen LogP contribution < -0.4 is 15.0 Å². The van der Waals surface area contributed by atoms with E-state index in [2.05, 4.69) is 26.3 Å². The molecule has 0 aliphatic carbocycles. The highest BCUT2D eigenvalue weighted by atomic mass is 19.1. The lowest BCUT2D eigenvalue weighted by Gasteiger charge is -2.28. The molecule has 36 heavy (non-hydrogen) atoms. The van der Waals surface area contributed by atoms with Gasteiger partial charge in [-0.25, -0.2) is 19.3 Å². The summed E-state index contributed by atoms with van der Waals surface area (Å²) in [6.45, 7) is 5.73. The van der Waals surface area contributed by atoms with Crippen LogP contribution >= 0.6 is 0 Å². The van der Waals surface area contributed by atoms with Crippen molar-refractivity contribution < 1.29 is 13.9 Å². The predicted molar refractivity (Wildman–Crippen MR) is 132 cm³/mol. The molecule has 5 heterocycles. The topological polar surface area (TPSA) is 101 Å². The molecule has 2 aliphatic heterocycles. The highest BCUT2D eigenvalue weighted by Gasteiger charge is 2.21. The molecule has 1 N–H and O–H groups in total. The zero-order valence-corrected chi connectivity index (χ0v) is 19.8. The van der Waals surface area contributed by atoms with Crippen molar-refractivity contribution in [3.63, 3.8) is 0 Å². The van der Waals surface area contributed by atoms with Crippen LogP contribution in [0.25, 0.3) is 16.8 Å². The second-order valence-electron chi connectivity index (χ2n) is 8.78. The molecule has 10 heteroatoms. The molecule has 0 unspecified atom stereocenters. The van der Waals surface area contributed by atoms with E-state index >= 15 is 0 Å². The van der Waals surface area contributed by atoms with E-state index in [0.717, 1.165) is 47.0 Å². The van der Waals surface area contributed by atoms with Crippen molar-refractivity contribution in [1.82, 2.24) is 19.4 Å². The quantitative estimate of drug-likeness (QED) is 0.459. The first-order valence-corrected chi connectivity index (χ1v) is 11.9. The van der Waals surface area contributed by atoms with Crippen LogP contribution in [-0.4, -0.2) is 52.3 Å². The summed E-state index contributed by atoms with van der Waals surface area (Å²) in [7, 11) is 0. The summed E-state index contributed by atoms with van der Waals surface area (Å²) in [6.07, 6.45) is 4.02. The largest absolute Gasteiger partial charge is 0.493 e. The fourth-order valence-corrected chi connectivity index (χ4v) is 4.83. The Kier molecular flexibility index (Phi) is 5.62. The molecule has 0 spiro atoms. The van der Waals surface area contributed by atoms with Crippen molar-refractivity contribution in [3.05, 3.63) is 65.0 Å². The number of hydrogen-bond acceptors (Lipinski definition) is 8. The van der Waals surface area contributed by atoms with Gasteiger partial charge < -0.3 is 19.7 Å². The van der Waals surface area contributed by atoms with Crippen LogP contribution in [0.1, 0.15) is 22.5 Å². The summed E-state index contributed by atoms with van der Waals surface area (Å²) < 4.78 is 27.4. The second-order valence-corrected chi connectivity index (χ2v) is 8.78. The summed E-state index contributed by atoms with van der Waals surface area (Å²) >= 11 is 0. The number of morpholine rings is 1. The van der Waals surface area contributed by atoms with Crippen molar-refractivity contribution in [3.8, 4) is 22.9 Å². The van der Waals surface area contributed by atoms with Gasteiger partial charge in [0.1, 0.15) is 23.5 Å². The molecule has 182 valence electrons. The molecule has 0 atom stereocenters. The number of nitrogens with zero attached hydrogens (tertiary/aromatic N) is 6. The van der Waals surface area contributed by atoms with Gasteiger partial charge in [0.25, 0.3) is 0 Å². The summed E-state index contributed by atoms with van der Waals surface area (Å²) in [6, 6.07) is 9.21. The van der Waals surface area contributed by atoms with E-state index in [1.165, 1.54) is 6.07 Å². The standard InChI is InChI=1S/C26H24FN7O2/c1-16-18(2-5-24(31-16)33-7-10-35-11-8-33)21-14-30-26(34-15-17(12-28)32-25(21)34)29-13-20-19-6-9-36-23(19)4-3-22(20)27/h2-5,14-15H,6-11,13H2,1H3,(H,29,30). The van der Waals surface area contributed by atoms with Gasteiger partial charge in [0.2, 0.25) is 5.95 Å². The average Bonchev–Trinajstić information content (AvgIpc) is 3.56. The highest BCUT2D eigenvalue weighted by molar-refractivity contribution is 5.80. The Labute approximate surface area is 207 Å². The van der Waals surface area contributed by atoms with Gasteiger partial charge in [-0.2, -0.15) is 5.26 Å². The second kappa shape index (κ2) is 9.09. The Morgan fingerprint density at radius 2 is 1.97 bits per heavy atom. The number of benzene rings is 1. The summed E-state index contributed by atoms with van der Waals surface area (Å²) in [5, 5.41) is 12.7. The lowest BCUT2D eigenvalue weighted by atomic mass is 10.0. The number of hydrogen-bond donors (Lipinski definition) is 1. The zero-order chi connectivity index (χ0) is 24.6. The molecule has 1 aromatic carbocycles. The highest BCUT2D eigenvalue weighted by Crippen LogP contribution is 2.32. The molecule has 9 nitrogen and oxygen atoms in total. The molecule has 1 saturated heterocycles. The number of imidazole rings is 1. The third kappa shape index (κ3) is 3.87. The SMILES string of the molecule is Cc1nc(N2CCOCC2)ccc1-c1cnc(NCc2c(F)ccc3c2CCO3)n2cc(C#N)nc12. The molecular formula is C26H24FN7O2. The van der Waals surface area contributed by atoms with Gasteiger partial charge in [0.05, 0.1) is 26.0 Å². The number of ether oxygens (including phenoxy) is 2. The molecule has 2 aliphatic rings. The van der Waals surface area contributed by atoms with Gasteiger partial charge in [-0.1, -0.05) is 0 Å². The molecule has 0 saturated carbocycles. The van der Waals surface area contributed by atoms with Crippen LogP contribution in [0, 0.1) is 24.1 Å². The predicted octanol–water partition coefficient (Wildman–Crippen LogP) is 3.49. The molecule has 3 aromatic heterocycles. The fraction of sp³-hybridized carbons (Fsp3) is 0.308. The van der Waals surface area contributed by atoms with Crippen molar-refractivity contribution in [2.24, 2.45) is 0 Å². The van der Waals surface area contributed by atoms with Gasteiger partial charge in [0, 0.05) is 60.2 Å². The molecule has 0 amide bonds.